The Kier molecular flexibility index (Phi) is 6.85. The van der Waals surface area contributed by atoms with Crippen molar-refractivity contribution >= 4 is 29.1 Å². The highest BCUT2D eigenvalue weighted by atomic mass is 35.5. The molecule has 1 saturated heterocycles. The van der Waals surface area contributed by atoms with Gasteiger partial charge in [-0.15, -0.1) is 0 Å². The monoisotopic (exact) mass is 489 g/mol. The highest BCUT2D eigenvalue weighted by Gasteiger charge is 2.46. The summed E-state index contributed by atoms with van der Waals surface area (Å²) in [7, 11) is 4.33. The summed E-state index contributed by atoms with van der Waals surface area (Å²) in [6.45, 7) is 1.14. The predicted octanol–water partition coefficient (Wildman–Crippen LogP) is 3.20. The van der Waals surface area contributed by atoms with Crippen LogP contribution in [0.2, 0.25) is 5.02 Å². The van der Waals surface area contributed by atoms with E-state index in [1.807, 2.05) is 0 Å². The summed E-state index contributed by atoms with van der Waals surface area (Å²) in [5, 5.41) is 11.6. The van der Waals surface area contributed by atoms with E-state index in [1.165, 1.54) is 38.4 Å². The summed E-state index contributed by atoms with van der Waals surface area (Å²) in [4.78, 5) is 27.6. The number of hydrogen-bond acceptors (Lipinski definition) is 8. The molecule has 0 radical (unpaired) electrons. The van der Waals surface area contributed by atoms with Gasteiger partial charge >= 0.3 is 0 Å². The summed E-state index contributed by atoms with van der Waals surface area (Å²) >= 11 is 6.20. The molecular formula is C24H24ClNO8. The second-order valence-electron chi connectivity index (χ2n) is 7.58. The van der Waals surface area contributed by atoms with E-state index in [0.717, 1.165) is 0 Å². The number of fused-ring (bicyclic) bond motifs is 1. The molecule has 0 aliphatic carbocycles. The predicted molar refractivity (Wildman–Crippen MR) is 123 cm³/mol. The van der Waals surface area contributed by atoms with E-state index in [2.05, 4.69) is 0 Å². The lowest BCUT2D eigenvalue weighted by atomic mass is 9.94. The number of likely N-dealkylation sites (tertiary alicyclic amines) is 1. The Bertz CT molecular complexity index is 1160. The molecular weight excluding hydrogens is 466 g/mol. The number of ether oxygens (including phenoxy) is 5. The molecule has 1 N–H and O–H groups in total. The lowest BCUT2D eigenvalue weighted by Gasteiger charge is -2.27. The molecule has 0 aromatic heterocycles. The topological polar surface area (TPSA) is 104 Å². The van der Waals surface area contributed by atoms with Gasteiger partial charge in [0.15, 0.2) is 11.5 Å². The van der Waals surface area contributed by atoms with Gasteiger partial charge in [0, 0.05) is 19.7 Å². The Hall–Kier alpha value is -3.43. The van der Waals surface area contributed by atoms with Gasteiger partial charge in [0.2, 0.25) is 0 Å². The van der Waals surface area contributed by atoms with Crippen LogP contribution in [-0.4, -0.2) is 69.4 Å². The van der Waals surface area contributed by atoms with Crippen molar-refractivity contribution < 1.29 is 38.4 Å². The maximum Gasteiger partial charge on any atom is 0.295 e. The van der Waals surface area contributed by atoms with Crippen molar-refractivity contribution in [1.29, 1.82) is 0 Å². The van der Waals surface area contributed by atoms with E-state index < -0.39 is 23.5 Å². The smallest absolute Gasteiger partial charge is 0.295 e. The van der Waals surface area contributed by atoms with Gasteiger partial charge in [-0.2, -0.15) is 0 Å². The van der Waals surface area contributed by atoms with E-state index in [-0.39, 0.29) is 40.8 Å². The van der Waals surface area contributed by atoms with Crippen LogP contribution in [0.1, 0.15) is 17.2 Å². The summed E-state index contributed by atoms with van der Waals surface area (Å²) in [5.74, 6) is -0.451. The van der Waals surface area contributed by atoms with Gasteiger partial charge in [0.05, 0.1) is 43.0 Å². The number of carbonyl (C=O) groups excluding carboxylic acids is 2. The summed E-state index contributed by atoms with van der Waals surface area (Å²) in [5.41, 5.74) is 0.637. The standard InChI is InChI=1S/C24H24ClNO8/c1-30-7-6-26-21(13-4-5-16-19(10-13)34-9-8-33-16)20(23(28)24(26)29)22(27)14-11-18(32-3)15(25)12-17(14)31-2/h4-5,10-12,21,27H,6-9H2,1-3H3/b22-20+. The third-order valence-corrected chi connectivity index (χ3v) is 5.98. The maximum atomic E-state index is 13.2. The fourth-order valence-corrected chi connectivity index (χ4v) is 4.30. The minimum Gasteiger partial charge on any atom is -0.507 e. The van der Waals surface area contributed by atoms with Crippen molar-refractivity contribution in [2.75, 3.05) is 47.7 Å². The number of rotatable bonds is 7. The molecule has 1 atom stereocenters. The molecule has 2 aliphatic rings. The number of aliphatic hydroxyl groups is 1. The molecule has 2 heterocycles. The van der Waals surface area contributed by atoms with Crippen LogP contribution in [0.3, 0.4) is 0 Å². The number of benzene rings is 2. The molecule has 10 heteroatoms. The average molecular weight is 490 g/mol. The number of methoxy groups -OCH3 is 3. The van der Waals surface area contributed by atoms with Crippen molar-refractivity contribution in [3.8, 4) is 23.0 Å². The van der Waals surface area contributed by atoms with Gasteiger partial charge in [0.1, 0.15) is 30.5 Å². The van der Waals surface area contributed by atoms with E-state index >= 15 is 0 Å². The number of halogens is 1. The van der Waals surface area contributed by atoms with Gasteiger partial charge < -0.3 is 33.7 Å². The van der Waals surface area contributed by atoms with Crippen LogP contribution < -0.4 is 18.9 Å². The second-order valence-corrected chi connectivity index (χ2v) is 7.98. The number of ketones is 1. The summed E-state index contributed by atoms with van der Waals surface area (Å²) in [6, 6.07) is 7.19. The normalized spacial score (nSPS) is 18.8. The Balaban J connectivity index is 1.91. The van der Waals surface area contributed by atoms with E-state index in [9.17, 15) is 14.7 Å². The van der Waals surface area contributed by atoms with Crippen LogP contribution in [-0.2, 0) is 14.3 Å². The summed E-state index contributed by atoms with van der Waals surface area (Å²) < 4.78 is 27.1. The maximum absolute atomic E-state index is 13.2. The number of carbonyl (C=O) groups is 2. The first-order valence-corrected chi connectivity index (χ1v) is 10.9. The van der Waals surface area contributed by atoms with Crippen LogP contribution in [0.25, 0.3) is 5.76 Å². The van der Waals surface area contributed by atoms with Crippen LogP contribution in [0.4, 0.5) is 0 Å². The van der Waals surface area contributed by atoms with Gasteiger partial charge in [-0.1, -0.05) is 17.7 Å². The molecule has 9 nitrogen and oxygen atoms in total. The lowest BCUT2D eigenvalue weighted by Crippen LogP contribution is -2.32. The van der Waals surface area contributed by atoms with Crippen molar-refractivity contribution in [3.05, 3.63) is 52.1 Å². The molecule has 4 rings (SSSR count). The van der Waals surface area contributed by atoms with Crippen LogP contribution in [0.15, 0.2) is 35.9 Å². The van der Waals surface area contributed by atoms with Gasteiger partial charge in [-0.3, -0.25) is 9.59 Å². The Morgan fingerprint density at radius 3 is 2.44 bits per heavy atom. The zero-order valence-corrected chi connectivity index (χ0v) is 19.7. The highest BCUT2D eigenvalue weighted by Crippen LogP contribution is 2.44. The molecule has 1 fully saturated rings. The van der Waals surface area contributed by atoms with Crippen molar-refractivity contribution in [2.45, 2.75) is 6.04 Å². The number of hydrogen-bond donors (Lipinski definition) is 1. The fraction of sp³-hybridized carbons (Fsp3) is 0.333. The molecule has 180 valence electrons. The fourth-order valence-electron chi connectivity index (χ4n) is 4.07. The molecule has 34 heavy (non-hydrogen) atoms. The molecule has 1 unspecified atom stereocenters. The van der Waals surface area contributed by atoms with E-state index in [0.29, 0.717) is 30.3 Å². The first-order valence-electron chi connectivity index (χ1n) is 10.5. The zero-order valence-electron chi connectivity index (χ0n) is 18.9. The molecule has 0 spiro atoms. The quantitative estimate of drug-likeness (QED) is 0.359. The van der Waals surface area contributed by atoms with Gasteiger partial charge in [0.25, 0.3) is 11.7 Å². The molecule has 0 saturated carbocycles. The second kappa shape index (κ2) is 9.82. The third-order valence-electron chi connectivity index (χ3n) is 5.69. The zero-order chi connectivity index (χ0) is 24.4. The number of aliphatic hydroxyl groups excluding tert-OH is 1. The number of amides is 1. The molecule has 0 bridgehead atoms. The first kappa shape index (κ1) is 23.7. The minimum absolute atomic E-state index is 0.0968. The number of nitrogens with zero attached hydrogens (tertiary/aromatic N) is 1. The molecule has 1 amide bonds. The first-order chi connectivity index (χ1) is 16.4. The lowest BCUT2D eigenvalue weighted by molar-refractivity contribution is -0.140. The van der Waals surface area contributed by atoms with Crippen molar-refractivity contribution in [2.24, 2.45) is 0 Å². The highest BCUT2D eigenvalue weighted by molar-refractivity contribution is 6.46. The van der Waals surface area contributed by atoms with Crippen LogP contribution in [0, 0.1) is 0 Å². The number of Topliss-reactive ketones (excluding diaryl/α,β-unsaturated/α-hetero) is 1. The SMILES string of the molecule is COCCN1C(=O)C(=O)/C(=C(/O)c2cc(OC)c(Cl)cc2OC)C1c1ccc2c(c1)OCCO2. The van der Waals surface area contributed by atoms with E-state index in [4.69, 9.17) is 35.3 Å². The van der Waals surface area contributed by atoms with Crippen LogP contribution >= 0.6 is 11.6 Å². The van der Waals surface area contributed by atoms with E-state index in [1.54, 1.807) is 18.2 Å². The van der Waals surface area contributed by atoms with Gasteiger partial charge in [-0.05, 0) is 23.8 Å². The average Bonchev–Trinajstić information content (AvgIpc) is 3.11. The van der Waals surface area contributed by atoms with Crippen LogP contribution in [0.5, 0.6) is 23.0 Å². The molecule has 2 aromatic rings. The molecule has 2 aromatic carbocycles. The Morgan fingerprint density at radius 1 is 1.06 bits per heavy atom. The van der Waals surface area contributed by atoms with Crippen molar-refractivity contribution in [1.82, 2.24) is 4.90 Å². The van der Waals surface area contributed by atoms with Gasteiger partial charge in [-0.25, -0.2) is 0 Å². The molecule has 2 aliphatic heterocycles. The summed E-state index contributed by atoms with van der Waals surface area (Å²) in [6.07, 6.45) is 0. The minimum atomic E-state index is -0.891. The Morgan fingerprint density at radius 2 is 1.76 bits per heavy atom. The Labute approximate surface area is 201 Å². The van der Waals surface area contributed by atoms with Crippen molar-refractivity contribution in [3.63, 3.8) is 0 Å². The third kappa shape index (κ3) is 4.12. The largest absolute Gasteiger partial charge is 0.507 e.